The van der Waals surface area contributed by atoms with Crippen molar-refractivity contribution in [3.63, 3.8) is 0 Å². The molecule has 0 radical (unpaired) electrons. The molecule has 0 aromatic rings. The molecule has 0 heterocycles. The molecule has 0 aromatic heterocycles. The first-order chi connectivity index (χ1) is 28.6. The number of esters is 2. The van der Waals surface area contributed by atoms with Gasteiger partial charge in [-0.2, -0.15) is 0 Å². The van der Waals surface area contributed by atoms with Crippen molar-refractivity contribution >= 4 is 17.9 Å². The molecule has 0 aliphatic carbocycles. The lowest BCUT2D eigenvalue weighted by Gasteiger charge is -2.25. The highest BCUT2D eigenvalue weighted by molar-refractivity contribution is 5.71. The lowest BCUT2D eigenvalue weighted by molar-refractivity contribution is -0.870. The van der Waals surface area contributed by atoms with Crippen molar-refractivity contribution < 1.29 is 42.9 Å². The van der Waals surface area contributed by atoms with Crippen LogP contribution in [0, 0.1) is 0 Å². The first-order valence-corrected chi connectivity index (χ1v) is 22.4. The third-order valence-corrected chi connectivity index (χ3v) is 8.82. The molecule has 59 heavy (non-hydrogen) atoms. The summed E-state index contributed by atoms with van der Waals surface area (Å²) in [4.78, 5) is 37.0. The fraction of sp³-hybridized carbons (Fsp3) is 0.620. The number of carboxylic acids is 1. The average Bonchev–Trinajstić information content (AvgIpc) is 3.19. The average molecular weight is 825 g/mol. The molecule has 0 amide bonds. The number of nitrogens with zero attached hydrogens (tertiary/aromatic N) is 1. The van der Waals surface area contributed by atoms with Gasteiger partial charge in [-0.1, -0.05) is 143 Å². The van der Waals surface area contributed by atoms with Crippen molar-refractivity contribution in [1.82, 2.24) is 0 Å². The highest BCUT2D eigenvalue weighted by Crippen LogP contribution is 2.11. The van der Waals surface area contributed by atoms with Gasteiger partial charge in [-0.3, -0.25) is 9.59 Å². The largest absolute Gasteiger partial charge is 0.477 e. The molecular formula is C50H82NO8+. The van der Waals surface area contributed by atoms with E-state index in [9.17, 15) is 19.5 Å². The summed E-state index contributed by atoms with van der Waals surface area (Å²) < 4.78 is 22.6. The Balaban J connectivity index is 4.55. The number of likely N-dealkylation sites (N-methyl/N-ethyl adjacent to an activating group) is 1. The molecule has 0 aliphatic rings. The molecule has 2 atom stereocenters. The van der Waals surface area contributed by atoms with Crippen LogP contribution in [0.25, 0.3) is 0 Å². The van der Waals surface area contributed by atoms with E-state index >= 15 is 0 Å². The lowest BCUT2D eigenvalue weighted by atomic mass is 10.1. The number of hydrogen-bond acceptors (Lipinski definition) is 7. The van der Waals surface area contributed by atoms with E-state index in [4.69, 9.17) is 18.9 Å². The third kappa shape index (κ3) is 42.1. The molecule has 0 aliphatic heterocycles. The Morgan fingerprint density at radius 1 is 0.525 bits per heavy atom. The summed E-state index contributed by atoms with van der Waals surface area (Å²) in [6.45, 7) is 4.60. The Morgan fingerprint density at radius 2 is 0.983 bits per heavy atom. The van der Waals surface area contributed by atoms with E-state index in [0.717, 1.165) is 89.9 Å². The van der Waals surface area contributed by atoms with Crippen LogP contribution in [0.2, 0.25) is 0 Å². The lowest BCUT2D eigenvalue weighted by Crippen LogP contribution is -2.40. The second kappa shape index (κ2) is 41.0. The summed E-state index contributed by atoms with van der Waals surface area (Å²) in [5.41, 5.74) is 0. The maximum absolute atomic E-state index is 12.7. The predicted molar refractivity (Wildman–Crippen MR) is 244 cm³/mol. The topological polar surface area (TPSA) is 108 Å². The fourth-order valence-electron chi connectivity index (χ4n) is 5.33. The van der Waals surface area contributed by atoms with Crippen LogP contribution >= 0.6 is 0 Å². The number of quaternary nitrogens is 1. The first kappa shape index (κ1) is 55.2. The van der Waals surface area contributed by atoms with Crippen LogP contribution in [0.15, 0.2) is 97.2 Å². The number of ether oxygens (including phenoxy) is 4. The summed E-state index contributed by atoms with van der Waals surface area (Å²) in [5, 5.41) is 9.62. The molecule has 2 unspecified atom stereocenters. The number of carbonyl (C=O) groups is 3. The van der Waals surface area contributed by atoms with Crippen LogP contribution in [0.5, 0.6) is 0 Å². The Morgan fingerprint density at radius 3 is 1.51 bits per heavy atom. The van der Waals surface area contributed by atoms with E-state index < -0.39 is 24.3 Å². The third-order valence-electron chi connectivity index (χ3n) is 8.82. The van der Waals surface area contributed by atoms with Gasteiger partial charge in [0.2, 0.25) is 0 Å². The Bertz CT molecular complexity index is 1280. The van der Waals surface area contributed by atoms with Gasteiger partial charge in [-0.25, -0.2) is 4.79 Å². The molecule has 0 aromatic carbocycles. The van der Waals surface area contributed by atoms with E-state index in [-0.39, 0.29) is 38.6 Å². The fourth-order valence-corrected chi connectivity index (χ4v) is 5.33. The van der Waals surface area contributed by atoms with E-state index in [1.165, 1.54) is 12.8 Å². The number of carbonyl (C=O) groups excluding carboxylic acids is 2. The highest BCUT2D eigenvalue weighted by atomic mass is 16.7. The van der Waals surface area contributed by atoms with Gasteiger partial charge < -0.3 is 28.5 Å². The summed E-state index contributed by atoms with van der Waals surface area (Å²) in [6, 6.07) is 0. The maximum atomic E-state index is 12.7. The van der Waals surface area contributed by atoms with Gasteiger partial charge in [0, 0.05) is 12.8 Å². The van der Waals surface area contributed by atoms with Crippen LogP contribution in [-0.2, 0) is 33.3 Å². The van der Waals surface area contributed by atoms with Crippen molar-refractivity contribution in [1.29, 1.82) is 0 Å². The van der Waals surface area contributed by atoms with Crippen molar-refractivity contribution in [2.75, 3.05) is 47.5 Å². The molecule has 0 rings (SSSR count). The molecule has 1 N–H and O–H groups in total. The van der Waals surface area contributed by atoms with Crippen molar-refractivity contribution in [3.05, 3.63) is 97.2 Å². The monoisotopic (exact) mass is 825 g/mol. The smallest absolute Gasteiger partial charge is 0.361 e. The number of unbranched alkanes of at least 4 members (excludes halogenated alkanes) is 8. The normalized spacial score (nSPS) is 13.8. The zero-order chi connectivity index (χ0) is 43.5. The van der Waals surface area contributed by atoms with Crippen LogP contribution in [0.3, 0.4) is 0 Å². The second-order valence-electron chi connectivity index (χ2n) is 15.6. The number of hydrogen-bond donors (Lipinski definition) is 1. The summed E-state index contributed by atoms with van der Waals surface area (Å²) in [5.74, 6) is -2.12. The number of allylic oxidation sites excluding steroid dienone is 16. The SMILES string of the molecule is CC/C=C\C/C=C\C/C=C\C/C=C\C/C=C\C/C=C\C/C=C\CCCC(=O)OC(COC(=O)CCCCCCC/C=C\CCCC)COC(OCC[N+](C)(C)C)C(=O)O. The number of rotatable bonds is 39. The Kier molecular flexibility index (Phi) is 38.3. The van der Waals surface area contributed by atoms with Gasteiger partial charge in [0.25, 0.3) is 6.29 Å². The van der Waals surface area contributed by atoms with Gasteiger partial charge >= 0.3 is 17.9 Å². The summed E-state index contributed by atoms with van der Waals surface area (Å²) in [7, 11) is 5.92. The number of aliphatic carboxylic acids is 1. The molecule has 0 spiro atoms. The minimum absolute atomic E-state index is 0.170. The minimum Gasteiger partial charge on any atom is -0.477 e. The molecule has 0 saturated carbocycles. The van der Waals surface area contributed by atoms with Crippen LogP contribution in [0.4, 0.5) is 0 Å². The van der Waals surface area contributed by atoms with Gasteiger partial charge in [-0.05, 0) is 83.5 Å². The second-order valence-corrected chi connectivity index (χ2v) is 15.6. The van der Waals surface area contributed by atoms with Crippen molar-refractivity contribution in [2.24, 2.45) is 0 Å². The van der Waals surface area contributed by atoms with Crippen LogP contribution < -0.4 is 0 Å². The summed E-state index contributed by atoms with van der Waals surface area (Å²) >= 11 is 0. The van der Waals surface area contributed by atoms with Crippen LogP contribution in [0.1, 0.15) is 142 Å². The molecule has 9 heteroatoms. The zero-order valence-electron chi connectivity index (χ0n) is 37.6. The predicted octanol–water partition coefficient (Wildman–Crippen LogP) is 11.9. The van der Waals surface area contributed by atoms with Crippen molar-refractivity contribution in [3.8, 4) is 0 Å². The Hall–Kier alpha value is -3.79. The first-order valence-electron chi connectivity index (χ1n) is 22.4. The quantitative estimate of drug-likeness (QED) is 0.0215. The van der Waals surface area contributed by atoms with Crippen molar-refractivity contribution in [2.45, 2.75) is 155 Å². The van der Waals surface area contributed by atoms with Gasteiger partial charge in [0.15, 0.2) is 6.10 Å². The van der Waals surface area contributed by atoms with Gasteiger partial charge in [0.1, 0.15) is 13.2 Å². The Labute approximate surface area is 359 Å². The van der Waals surface area contributed by atoms with E-state index in [2.05, 4.69) is 105 Å². The standard InChI is InChI=1S/C50H81NO8/c1-6-8-10-12-14-16-18-19-20-21-22-23-24-25-26-27-28-29-31-33-35-37-39-41-48(53)59-46(45-58-50(49(54)55)56-43-42-51(3,4)5)44-57-47(52)40-38-36-34-32-30-17-15-13-11-9-7-2/h8,10,13-16,19-20,22-23,25-26,28-29,33,35,46,50H,6-7,9,11-12,17-18,21,24,27,30-32,34,36-45H2,1-5H3/p+1/b10-8-,15-13-,16-14-,20-19-,23-22-,26-25-,29-28-,35-33-. The molecule has 0 saturated heterocycles. The molecule has 0 fully saturated rings. The zero-order valence-corrected chi connectivity index (χ0v) is 37.6. The molecule has 334 valence electrons. The van der Waals surface area contributed by atoms with Crippen LogP contribution in [-0.4, -0.2) is 87.4 Å². The molecular weight excluding hydrogens is 743 g/mol. The molecule has 9 nitrogen and oxygen atoms in total. The van der Waals surface area contributed by atoms with Gasteiger partial charge in [-0.15, -0.1) is 0 Å². The van der Waals surface area contributed by atoms with Gasteiger partial charge in [0.05, 0.1) is 34.4 Å². The maximum Gasteiger partial charge on any atom is 0.361 e. The number of carboxylic acid groups (broad SMARTS) is 1. The van der Waals surface area contributed by atoms with E-state index in [1.54, 1.807) is 0 Å². The minimum atomic E-state index is -1.53. The van der Waals surface area contributed by atoms with E-state index in [1.807, 2.05) is 27.2 Å². The highest BCUT2D eigenvalue weighted by Gasteiger charge is 2.25. The molecule has 0 bridgehead atoms. The van der Waals surface area contributed by atoms with E-state index in [0.29, 0.717) is 23.9 Å². The summed E-state index contributed by atoms with van der Waals surface area (Å²) in [6.07, 6.45) is 50.5.